The average molecular weight is 403 g/mol. The van der Waals surface area contributed by atoms with Crippen molar-refractivity contribution in [1.29, 1.82) is 0 Å². The van der Waals surface area contributed by atoms with E-state index in [1.165, 1.54) is 0 Å². The Bertz CT molecular complexity index is 1280. The number of rotatable bonds is 3. The van der Waals surface area contributed by atoms with Gasteiger partial charge in [0.25, 0.3) is 0 Å². The molecule has 0 unspecified atom stereocenters. The Hall–Kier alpha value is -3.49. The van der Waals surface area contributed by atoms with Gasteiger partial charge in [-0.2, -0.15) is 5.10 Å². The Kier molecular flexibility index (Phi) is 3.48. The average Bonchev–Trinajstić information content (AvgIpc) is 3.21. The Labute approximate surface area is 172 Å². The van der Waals surface area contributed by atoms with Crippen LogP contribution >= 0.6 is 0 Å². The van der Waals surface area contributed by atoms with Crippen LogP contribution in [0.4, 0.5) is 0 Å². The van der Waals surface area contributed by atoms with Crippen molar-refractivity contribution in [1.82, 2.24) is 34.7 Å². The minimum absolute atomic E-state index is 0.0297. The van der Waals surface area contributed by atoms with Gasteiger partial charge in [0.2, 0.25) is 5.89 Å². The maximum absolute atomic E-state index is 13.4. The molecule has 0 radical (unpaired) electrons. The zero-order valence-electron chi connectivity index (χ0n) is 16.8. The van der Waals surface area contributed by atoms with E-state index in [1.807, 2.05) is 35.7 Å². The molecule has 1 N–H and O–H groups in total. The van der Waals surface area contributed by atoms with E-state index in [1.54, 1.807) is 11.2 Å². The van der Waals surface area contributed by atoms with Gasteiger partial charge in [0, 0.05) is 29.8 Å². The normalized spacial score (nSPS) is 19.8. The van der Waals surface area contributed by atoms with Crippen LogP contribution in [0.2, 0.25) is 0 Å². The Morgan fingerprint density at radius 1 is 1.30 bits per heavy atom. The summed E-state index contributed by atoms with van der Waals surface area (Å²) >= 11 is 0. The topological polar surface area (TPSA) is 105 Å². The molecule has 0 spiro atoms. The largest absolute Gasteiger partial charge is 0.416 e. The minimum atomic E-state index is -0.418. The predicted molar refractivity (Wildman–Crippen MR) is 106 cm³/mol. The second-order valence-electron chi connectivity index (χ2n) is 8.46. The number of hydrogen-bond donors (Lipinski definition) is 1. The lowest BCUT2D eigenvalue weighted by atomic mass is 9.99. The van der Waals surface area contributed by atoms with Crippen LogP contribution in [0, 0.1) is 6.92 Å². The maximum atomic E-state index is 13.4. The first-order valence-corrected chi connectivity index (χ1v) is 10.2. The van der Waals surface area contributed by atoms with Crippen LogP contribution in [0.15, 0.2) is 35.0 Å². The van der Waals surface area contributed by atoms with Crippen molar-refractivity contribution >= 4 is 11.4 Å². The van der Waals surface area contributed by atoms with E-state index < -0.39 is 6.04 Å². The van der Waals surface area contributed by atoms with Gasteiger partial charge in [0.15, 0.2) is 0 Å². The Morgan fingerprint density at radius 3 is 2.97 bits per heavy atom. The summed E-state index contributed by atoms with van der Waals surface area (Å²) in [6.07, 6.45) is 4.37. The minimum Gasteiger partial charge on any atom is -0.416 e. The second-order valence-corrected chi connectivity index (χ2v) is 8.46. The number of aromatic amines is 1. The standard InChI is InChI=1S/C21H21N7O2/c1-12-4-3-5-13-10-15(26-28(12)13)17-16-14(22-11-23-16)6-9-27(17)19(29)18-24-25-20(30-18)21(2)7-8-21/h3-5,10-11,17H,6-9H2,1-2H3,(H,22,23)/t17-/m0/s1. The van der Waals surface area contributed by atoms with Gasteiger partial charge in [0.1, 0.15) is 6.04 Å². The molecule has 30 heavy (non-hydrogen) atoms. The molecule has 2 aliphatic rings. The number of carbonyl (C=O) groups is 1. The lowest BCUT2D eigenvalue weighted by Gasteiger charge is -2.32. The number of fused-ring (bicyclic) bond motifs is 2. The highest BCUT2D eigenvalue weighted by Crippen LogP contribution is 2.46. The Morgan fingerprint density at radius 2 is 2.17 bits per heavy atom. The molecule has 1 aliphatic heterocycles. The SMILES string of the molecule is Cc1cccc2cc([C@H]3c4nc[nH]c4CCN3C(=O)c3nnc(C4(C)CC4)o3)nn12. The van der Waals surface area contributed by atoms with Gasteiger partial charge in [-0.1, -0.05) is 13.0 Å². The van der Waals surface area contributed by atoms with Gasteiger partial charge in [-0.25, -0.2) is 9.50 Å². The summed E-state index contributed by atoms with van der Waals surface area (Å²) in [5.41, 5.74) is 4.51. The van der Waals surface area contributed by atoms with Gasteiger partial charge in [-0.15, -0.1) is 10.2 Å². The highest BCUT2D eigenvalue weighted by Gasteiger charge is 2.45. The van der Waals surface area contributed by atoms with Crippen molar-refractivity contribution in [2.75, 3.05) is 6.54 Å². The molecule has 152 valence electrons. The smallest absolute Gasteiger partial charge is 0.312 e. The summed E-state index contributed by atoms with van der Waals surface area (Å²) in [5, 5.41) is 13.0. The van der Waals surface area contributed by atoms with Crippen molar-refractivity contribution in [3.05, 3.63) is 65.1 Å². The molecular formula is C21H21N7O2. The van der Waals surface area contributed by atoms with Crippen LogP contribution in [0.3, 0.4) is 0 Å². The van der Waals surface area contributed by atoms with Crippen molar-refractivity contribution in [2.24, 2.45) is 0 Å². The first-order chi connectivity index (χ1) is 14.5. The number of H-pyrrole nitrogens is 1. The van der Waals surface area contributed by atoms with E-state index in [2.05, 4.69) is 27.1 Å². The Balaban J connectivity index is 1.43. The van der Waals surface area contributed by atoms with Crippen LogP contribution in [0.1, 0.15) is 65.2 Å². The molecule has 0 saturated heterocycles. The van der Waals surface area contributed by atoms with Crippen LogP contribution < -0.4 is 0 Å². The fourth-order valence-corrected chi connectivity index (χ4v) is 4.18. The summed E-state index contributed by atoms with van der Waals surface area (Å²) in [6.45, 7) is 4.60. The van der Waals surface area contributed by atoms with Crippen LogP contribution in [0.25, 0.3) is 5.52 Å². The number of nitrogens with one attached hydrogen (secondary N) is 1. The molecule has 1 atom stereocenters. The molecule has 1 amide bonds. The molecule has 9 nitrogen and oxygen atoms in total. The summed E-state index contributed by atoms with van der Waals surface area (Å²) in [5.74, 6) is 0.288. The number of carbonyl (C=O) groups excluding carboxylic acids is 1. The second kappa shape index (κ2) is 6.01. The number of amides is 1. The van der Waals surface area contributed by atoms with Gasteiger partial charge < -0.3 is 14.3 Å². The third-order valence-corrected chi connectivity index (χ3v) is 6.28. The molecule has 1 fully saturated rings. The zero-order valence-corrected chi connectivity index (χ0v) is 16.8. The molecular weight excluding hydrogens is 382 g/mol. The first kappa shape index (κ1) is 17.4. The third kappa shape index (κ3) is 2.51. The van der Waals surface area contributed by atoms with Gasteiger partial charge in [-0.05, 0) is 38.0 Å². The van der Waals surface area contributed by atoms with E-state index in [4.69, 9.17) is 9.52 Å². The highest BCUT2D eigenvalue weighted by molar-refractivity contribution is 5.90. The fraction of sp³-hybridized carbons (Fsp3) is 0.381. The fourth-order valence-electron chi connectivity index (χ4n) is 4.18. The first-order valence-electron chi connectivity index (χ1n) is 10.2. The van der Waals surface area contributed by atoms with Crippen LogP contribution in [0.5, 0.6) is 0 Å². The van der Waals surface area contributed by atoms with E-state index in [9.17, 15) is 4.79 Å². The van der Waals surface area contributed by atoms with E-state index in [0.717, 1.165) is 41.1 Å². The predicted octanol–water partition coefficient (Wildman–Crippen LogP) is 2.59. The summed E-state index contributed by atoms with van der Waals surface area (Å²) < 4.78 is 7.68. The number of aromatic nitrogens is 6. The van der Waals surface area contributed by atoms with Crippen LogP contribution in [-0.2, 0) is 11.8 Å². The van der Waals surface area contributed by atoms with Gasteiger partial charge in [-0.3, -0.25) is 4.79 Å². The van der Waals surface area contributed by atoms with E-state index in [-0.39, 0.29) is 17.2 Å². The molecule has 0 aromatic carbocycles. The highest BCUT2D eigenvalue weighted by atomic mass is 16.4. The van der Waals surface area contributed by atoms with Crippen molar-refractivity contribution in [2.45, 2.75) is 44.6 Å². The van der Waals surface area contributed by atoms with Crippen molar-refractivity contribution in [3.8, 4) is 0 Å². The quantitative estimate of drug-likeness (QED) is 0.564. The molecule has 4 aromatic heterocycles. The van der Waals surface area contributed by atoms with Gasteiger partial charge >= 0.3 is 11.8 Å². The number of hydrogen-bond acceptors (Lipinski definition) is 6. The number of aryl methyl sites for hydroxylation is 1. The number of imidazole rings is 1. The maximum Gasteiger partial charge on any atom is 0.312 e. The van der Waals surface area contributed by atoms with Gasteiger partial charge in [0.05, 0.1) is 23.2 Å². The third-order valence-electron chi connectivity index (χ3n) is 6.28. The number of nitrogens with zero attached hydrogens (tertiary/aromatic N) is 6. The summed E-state index contributed by atoms with van der Waals surface area (Å²) in [7, 11) is 0. The van der Waals surface area contributed by atoms with E-state index in [0.29, 0.717) is 18.9 Å². The zero-order chi connectivity index (χ0) is 20.5. The molecule has 6 rings (SSSR count). The van der Waals surface area contributed by atoms with Crippen LogP contribution in [-0.4, -0.2) is 47.1 Å². The molecule has 9 heteroatoms. The molecule has 0 bridgehead atoms. The summed E-state index contributed by atoms with van der Waals surface area (Å²) in [6, 6.07) is 7.60. The van der Waals surface area contributed by atoms with E-state index >= 15 is 0 Å². The lowest BCUT2D eigenvalue weighted by molar-refractivity contribution is 0.0643. The molecule has 1 aliphatic carbocycles. The van der Waals surface area contributed by atoms with Crippen molar-refractivity contribution in [3.63, 3.8) is 0 Å². The molecule has 4 aromatic rings. The number of pyridine rings is 1. The van der Waals surface area contributed by atoms with Crippen molar-refractivity contribution < 1.29 is 9.21 Å². The molecule has 5 heterocycles. The lowest BCUT2D eigenvalue weighted by Crippen LogP contribution is -2.41. The monoisotopic (exact) mass is 403 g/mol. The summed E-state index contributed by atoms with van der Waals surface area (Å²) in [4.78, 5) is 22.9. The molecule has 1 saturated carbocycles.